The lowest BCUT2D eigenvalue weighted by Crippen LogP contribution is -2.14. The number of hydrogen-bond acceptors (Lipinski definition) is 3. The van der Waals surface area contributed by atoms with Gasteiger partial charge in [0.15, 0.2) is 0 Å². The molecule has 20 heavy (non-hydrogen) atoms. The predicted molar refractivity (Wildman–Crippen MR) is 83.4 cm³/mol. The highest BCUT2D eigenvalue weighted by molar-refractivity contribution is 5.77. The third-order valence-electron chi connectivity index (χ3n) is 3.32. The van der Waals surface area contributed by atoms with Crippen molar-refractivity contribution in [2.24, 2.45) is 0 Å². The van der Waals surface area contributed by atoms with Crippen molar-refractivity contribution in [1.29, 1.82) is 0 Å². The molecule has 1 heterocycles. The first-order valence-electron chi connectivity index (χ1n) is 7.56. The molecule has 2 rings (SSSR count). The lowest BCUT2D eigenvalue weighted by Gasteiger charge is -2.08. The fraction of sp³-hybridized carbons (Fsp3) is 0.562. The zero-order valence-electron chi connectivity index (χ0n) is 12.8. The Kier molecular flexibility index (Phi) is 5.41. The van der Waals surface area contributed by atoms with Crippen molar-refractivity contribution < 1.29 is 4.74 Å². The van der Waals surface area contributed by atoms with E-state index in [-0.39, 0.29) is 0 Å². The van der Waals surface area contributed by atoms with E-state index in [9.17, 15) is 0 Å². The van der Waals surface area contributed by atoms with E-state index >= 15 is 0 Å². The van der Waals surface area contributed by atoms with Crippen molar-refractivity contribution in [1.82, 2.24) is 14.9 Å². The second-order valence-electron chi connectivity index (χ2n) is 5.03. The van der Waals surface area contributed by atoms with Gasteiger partial charge in [-0.2, -0.15) is 0 Å². The van der Waals surface area contributed by atoms with Crippen molar-refractivity contribution in [3.63, 3.8) is 0 Å². The van der Waals surface area contributed by atoms with E-state index in [1.807, 2.05) is 13.1 Å². The monoisotopic (exact) mass is 275 g/mol. The number of rotatable bonds is 8. The second-order valence-corrected chi connectivity index (χ2v) is 5.03. The lowest BCUT2D eigenvalue weighted by molar-refractivity contribution is 0.318. The number of nitrogens with one attached hydrogen (secondary N) is 1. The number of aryl methyl sites for hydroxylation is 1. The summed E-state index contributed by atoms with van der Waals surface area (Å²) in [4.78, 5) is 4.78. The minimum Gasteiger partial charge on any atom is -0.494 e. The van der Waals surface area contributed by atoms with E-state index in [4.69, 9.17) is 9.72 Å². The summed E-state index contributed by atoms with van der Waals surface area (Å²) < 4.78 is 8.02. The Morgan fingerprint density at radius 2 is 2.10 bits per heavy atom. The molecule has 0 aliphatic carbocycles. The SMILES string of the molecule is CCCOc1ccc2c(c1)nc(CCNC)n2CCC. The Morgan fingerprint density at radius 3 is 2.80 bits per heavy atom. The van der Waals surface area contributed by atoms with Gasteiger partial charge >= 0.3 is 0 Å². The number of likely N-dealkylation sites (N-methyl/N-ethyl adjacent to an activating group) is 1. The van der Waals surface area contributed by atoms with Crippen LogP contribution in [0.1, 0.15) is 32.5 Å². The summed E-state index contributed by atoms with van der Waals surface area (Å²) in [6.07, 6.45) is 3.10. The molecule has 0 aliphatic rings. The number of benzene rings is 1. The zero-order valence-corrected chi connectivity index (χ0v) is 12.8. The summed E-state index contributed by atoms with van der Waals surface area (Å²) in [6.45, 7) is 7.04. The van der Waals surface area contributed by atoms with Gasteiger partial charge in [0.05, 0.1) is 17.6 Å². The van der Waals surface area contributed by atoms with Crippen molar-refractivity contribution in [3.8, 4) is 5.75 Å². The zero-order chi connectivity index (χ0) is 14.4. The average Bonchev–Trinajstić information content (AvgIpc) is 2.80. The molecule has 0 radical (unpaired) electrons. The van der Waals surface area contributed by atoms with Crippen LogP contribution in [0.3, 0.4) is 0 Å². The molecule has 1 aromatic carbocycles. The Labute approximate surface area is 121 Å². The Bertz CT molecular complexity index is 548. The summed E-state index contributed by atoms with van der Waals surface area (Å²) in [5.74, 6) is 2.07. The molecule has 0 fully saturated rings. The molecule has 1 N–H and O–H groups in total. The quantitative estimate of drug-likeness (QED) is 0.805. The maximum absolute atomic E-state index is 5.69. The molecule has 0 saturated heterocycles. The van der Waals surface area contributed by atoms with Crippen LogP contribution >= 0.6 is 0 Å². The highest BCUT2D eigenvalue weighted by atomic mass is 16.5. The van der Waals surface area contributed by atoms with Gasteiger partial charge in [-0.05, 0) is 32.0 Å². The first-order valence-corrected chi connectivity index (χ1v) is 7.56. The molecule has 0 spiro atoms. The van der Waals surface area contributed by atoms with Gasteiger partial charge in [0.25, 0.3) is 0 Å². The molecular formula is C16H25N3O. The topological polar surface area (TPSA) is 39.1 Å². The summed E-state index contributed by atoms with van der Waals surface area (Å²) in [5.41, 5.74) is 2.25. The van der Waals surface area contributed by atoms with Crippen molar-refractivity contribution in [3.05, 3.63) is 24.0 Å². The van der Waals surface area contributed by atoms with Crippen LogP contribution in [0.2, 0.25) is 0 Å². The summed E-state index contributed by atoms with van der Waals surface area (Å²) >= 11 is 0. The summed E-state index contributed by atoms with van der Waals surface area (Å²) in [5, 5.41) is 3.19. The number of hydrogen-bond donors (Lipinski definition) is 1. The third-order valence-corrected chi connectivity index (χ3v) is 3.32. The van der Waals surface area contributed by atoms with Crippen LogP contribution in [0.25, 0.3) is 11.0 Å². The summed E-state index contributed by atoms with van der Waals surface area (Å²) in [6, 6.07) is 6.24. The molecule has 4 heteroatoms. The molecular weight excluding hydrogens is 250 g/mol. The lowest BCUT2D eigenvalue weighted by atomic mass is 10.3. The van der Waals surface area contributed by atoms with Crippen LogP contribution < -0.4 is 10.1 Å². The highest BCUT2D eigenvalue weighted by Gasteiger charge is 2.10. The van der Waals surface area contributed by atoms with E-state index in [2.05, 4.69) is 35.9 Å². The van der Waals surface area contributed by atoms with Gasteiger partial charge in [-0.15, -0.1) is 0 Å². The van der Waals surface area contributed by atoms with Crippen LogP contribution in [0.4, 0.5) is 0 Å². The molecule has 0 bridgehead atoms. The molecule has 2 aromatic rings. The van der Waals surface area contributed by atoms with Gasteiger partial charge in [0.1, 0.15) is 11.6 Å². The van der Waals surface area contributed by atoms with Gasteiger partial charge in [-0.1, -0.05) is 13.8 Å². The molecule has 0 amide bonds. The van der Waals surface area contributed by atoms with Gasteiger partial charge in [0, 0.05) is 25.6 Å². The molecule has 4 nitrogen and oxygen atoms in total. The van der Waals surface area contributed by atoms with Crippen LogP contribution in [0.5, 0.6) is 5.75 Å². The van der Waals surface area contributed by atoms with Gasteiger partial charge in [-0.25, -0.2) is 4.98 Å². The van der Waals surface area contributed by atoms with E-state index in [0.29, 0.717) is 0 Å². The normalized spacial score (nSPS) is 11.2. The molecule has 0 unspecified atom stereocenters. The number of ether oxygens (including phenoxy) is 1. The average molecular weight is 275 g/mol. The maximum atomic E-state index is 5.69. The predicted octanol–water partition coefficient (Wildman–Crippen LogP) is 3.00. The van der Waals surface area contributed by atoms with E-state index in [1.54, 1.807) is 0 Å². The maximum Gasteiger partial charge on any atom is 0.121 e. The number of aromatic nitrogens is 2. The molecule has 110 valence electrons. The Balaban J connectivity index is 2.33. The van der Waals surface area contributed by atoms with E-state index in [0.717, 1.165) is 56.0 Å². The van der Waals surface area contributed by atoms with E-state index < -0.39 is 0 Å². The number of imidazole rings is 1. The minimum absolute atomic E-state index is 0.758. The minimum atomic E-state index is 0.758. The van der Waals surface area contributed by atoms with Crippen LogP contribution in [-0.4, -0.2) is 29.8 Å². The standard InChI is InChI=1S/C16H25N3O/c1-4-10-19-15-7-6-13(20-11-5-2)12-14(15)18-16(19)8-9-17-3/h6-7,12,17H,4-5,8-11H2,1-3H3. The summed E-state index contributed by atoms with van der Waals surface area (Å²) in [7, 11) is 1.98. The van der Waals surface area contributed by atoms with Gasteiger partial charge in [-0.3, -0.25) is 0 Å². The van der Waals surface area contributed by atoms with Crippen LogP contribution in [0, 0.1) is 0 Å². The van der Waals surface area contributed by atoms with Gasteiger partial charge < -0.3 is 14.6 Å². The van der Waals surface area contributed by atoms with Crippen LogP contribution in [-0.2, 0) is 13.0 Å². The van der Waals surface area contributed by atoms with E-state index in [1.165, 1.54) is 5.52 Å². The Hall–Kier alpha value is -1.55. The molecule has 1 aromatic heterocycles. The van der Waals surface area contributed by atoms with Crippen LogP contribution in [0.15, 0.2) is 18.2 Å². The van der Waals surface area contributed by atoms with Crippen molar-refractivity contribution in [2.45, 2.75) is 39.7 Å². The molecule has 0 saturated carbocycles. The highest BCUT2D eigenvalue weighted by Crippen LogP contribution is 2.22. The molecule has 0 atom stereocenters. The van der Waals surface area contributed by atoms with Gasteiger partial charge in [0.2, 0.25) is 0 Å². The fourth-order valence-corrected chi connectivity index (χ4v) is 2.37. The largest absolute Gasteiger partial charge is 0.494 e. The molecule has 0 aliphatic heterocycles. The second kappa shape index (κ2) is 7.29. The fourth-order valence-electron chi connectivity index (χ4n) is 2.37. The first kappa shape index (κ1) is 14.9. The smallest absolute Gasteiger partial charge is 0.121 e. The first-order chi connectivity index (χ1) is 9.80. The Morgan fingerprint density at radius 1 is 1.25 bits per heavy atom. The van der Waals surface area contributed by atoms with Crippen molar-refractivity contribution >= 4 is 11.0 Å². The third kappa shape index (κ3) is 3.31. The van der Waals surface area contributed by atoms with Crippen molar-refractivity contribution in [2.75, 3.05) is 20.2 Å². The number of nitrogens with zero attached hydrogens (tertiary/aromatic N) is 2. The number of fused-ring (bicyclic) bond motifs is 1.